The zero-order chi connectivity index (χ0) is 20.4. The van der Waals surface area contributed by atoms with Gasteiger partial charge in [-0.25, -0.2) is 12.7 Å². The summed E-state index contributed by atoms with van der Waals surface area (Å²) < 4.78 is 26.7. The zero-order valence-electron chi connectivity index (χ0n) is 17.4. The maximum absolute atomic E-state index is 12.6. The van der Waals surface area contributed by atoms with E-state index in [0.29, 0.717) is 25.9 Å². The van der Waals surface area contributed by atoms with Gasteiger partial charge in [-0.1, -0.05) is 69.9 Å². The third kappa shape index (κ3) is 7.92. The quantitative estimate of drug-likeness (QED) is 0.564. The predicted molar refractivity (Wildman–Crippen MR) is 114 cm³/mol. The molecule has 1 fully saturated rings. The molecule has 158 valence electrons. The minimum atomic E-state index is -3.32. The Morgan fingerprint density at radius 1 is 1.07 bits per heavy atom. The van der Waals surface area contributed by atoms with Crippen molar-refractivity contribution in [3.8, 4) is 0 Å². The molecule has 1 saturated heterocycles. The summed E-state index contributed by atoms with van der Waals surface area (Å²) in [4.78, 5) is 12.3. The fraction of sp³-hybridized carbons (Fsp3) is 0.682. The molecule has 0 aliphatic carbocycles. The number of benzene rings is 1. The van der Waals surface area contributed by atoms with Crippen LogP contribution in [0.3, 0.4) is 0 Å². The normalized spacial score (nSPS) is 16.4. The minimum absolute atomic E-state index is 0.0293. The number of hydrogen-bond acceptors (Lipinski definition) is 3. The molecular weight excluding hydrogens is 372 g/mol. The Morgan fingerprint density at radius 3 is 2.36 bits per heavy atom. The summed E-state index contributed by atoms with van der Waals surface area (Å²) in [5, 5.41) is 3.04. The topological polar surface area (TPSA) is 66.5 Å². The smallest absolute Gasteiger partial charge is 0.223 e. The van der Waals surface area contributed by atoms with Crippen molar-refractivity contribution < 1.29 is 13.2 Å². The first-order valence-corrected chi connectivity index (χ1v) is 12.3. The number of piperidine rings is 1. The molecule has 1 amide bonds. The molecular formula is C22H36N2O3S. The fourth-order valence-corrected chi connectivity index (χ4v) is 5.22. The highest BCUT2D eigenvalue weighted by Crippen LogP contribution is 2.22. The summed E-state index contributed by atoms with van der Waals surface area (Å²) in [6, 6.07) is 9.25. The molecule has 0 bridgehead atoms. The van der Waals surface area contributed by atoms with Crippen LogP contribution in [-0.2, 0) is 20.6 Å². The van der Waals surface area contributed by atoms with Crippen molar-refractivity contribution in [3.63, 3.8) is 0 Å². The number of carbonyl (C=O) groups excluding carboxylic acids is 1. The first-order valence-electron chi connectivity index (χ1n) is 10.7. The minimum Gasteiger partial charge on any atom is -0.356 e. The highest BCUT2D eigenvalue weighted by molar-refractivity contribution is 7.88. The summed E-state index contributed by atoms with van der Waals surface area (Å²) in [5.41, 5.74) is 0.802. The Kier molecular flexibility index (Phi) is 9.45. The number of sulfonamides is 1. The van der Waals surface area contributed by atoms with E-state index in [-0.39, 0.29) is 17.6 Å². The Labute approximate surface area is 170 Å². The third-order valence-corrected chi connectivity index (χ3v) is 7.27. The second-order valence-corrected chi connectivity index (χ2v) is 10.3. The van der Waals surface area contributed by atoms with E-state index >= 15 is 0 Å². The second-order valence-electron chi connectivity index (χ2n) is 8.30. The van der Waals surface area contributed by atoms with E-state index in [0.717, 1.165) is 30.9 Å². The van der Waals surface area contributed by atoms with Gasteiger partial charge >= 0.3 is 0 Å². The van der Waals surface area contributed by atoms with Crippen molar-refractivity contribution in [2.75, 3.05) is 19.6 Å². The van der Waals surface area contributed by atoms with Crippen LogP contribution in [0.1, 0.15) is 64.4 Å². The van der Waals surface area contributed by atoms with E-state index in [9.17, 15) is 13.2 Å². The van der Waals surface area contributed by atoms with Gasteiger partial charge in [0.05, 0.1) is 5.75 Å². The van der Waals surface area contributed by atoms with Gasteiger partial charge in [-0.05, 0) is 30.7 Å². The van der Waals surface area contributed by atoms with Gasteiger partial charge in [0.1, 0.15) is 0 Å². The molecule has 1 N–H and O–H groups in total. The summed E-state index contributed by atoms with van der Waals surface area (Å²) >= 11 is 0. The molecule has 0 saturated carbocycles. The van der Waals surface area contributed by atoms with Crippen molar-refractivity contribution in [2.24, 2.45) is 11.8 Å². The van der Waals surface area contributed by atoms with Crippen molar-refractivity contribution in [2.45, 2.75) is 64.5 Å². The van der Waals surface area contributed by atoms with E-state index in [1.54, 1.807) is 4.31 Å². The fourth-order valence-electron chi connectivity index (χ4n) is 3.66. The molecule has 0 aromatic heterocycles. The van der Waals surface area contributed by atoms with Crippen LogP contribution in [0.4, 0.5) is 0 Å². The number of hydrogen-bond donors (Lipinski definition) is 1. The standard InChI is InChI=1S/C22H36N2O3S/c1-19(2)10-6-3-4-9-15-23-22(25)21-13-16-24(17-14-21)28(26,27)18-20-11-7-5-8-12-20/h5,7-8,11-12,19,21H,3-4,6,9-10,13-18H2,1-2H3,(H,23,25). The molecule has 5 nitrogen and oxygen atoms in total. The SMILES string of the molecule is CC(C)CCCCCCNC(=O)C1CCN(S(=O)(=O)Cc2ccccc2)CC1. The molecule has 1 aliphatic heterocycles. The number of amides is 1. The molecule has 2 rings (SSSR count). The molecule has 1 heterocycles. The number of rotatable bonds is 11. The van der Waals surface area contributed by atoms with Gasteiger partial charge in [-0.2, -0.15) is 0 Å². The van der Waals surface area contributed by atoms with Gasteiger partial charge in [-0.3, -0.25) is 4.79 Å². The maximum Gasteiger partial charge on any atom is 0.223 e. The number of nitrogens with one attached hydrogen (secondary N) is 1. The summed E-state index contributed by atoms with van der Waals surface area (Å²) in [6.45, 7) is 6.09. The lowest BCUT2D eigenvalue weighted by molar-refractivity contribution is -0.126. The van der Waals surface area contributed by atoms with Crippen LogP contribution in [0, 0.1) is 11.8 Å². The van der Waals surface area contributed by atoms with Gasteiger partial charge < -0.3 is 5.32 Å². The molecule has 0 atom stereocenters. The average molecular weight is 409 g/mol. The summed E-state index contributed by atoms with van der Waals surface area (Å²) in [6.07, 6.45) is 7.16. The molecule has 1 aromatic carbocycles. The number of unbranched alkanes of at least 4 members (excludes halogenated alkanes) is 3. The Morgan fingerprint density at radius 2 is 1.71 bits per heavy atom. The molecule has 1 aliphatic rings. The number of carbonyl (C=O) groups is 1. The van der Waals surface area contributed by atoms with Crippen LogP contribution in [0.25, 0.3) is 0 Å². The Bertz CT molecular complexity index is 681. The van der Waals surface area contributed by atoms with E-state index in [2.05, 4.69) is 19.2 Å². The molecule has 1 aromatic rings. The highest BCUT2D eigenvalue weighted by atomic mass is 32.2. The third-order valence-electron chi connectivity index (χ3n) is 5.42. The molecule has 0 spiro atoms. The van der Waals surface area contributed by atoms with Gasteiger partial charge in [-0.15, -0.1) is 0 Å². The van der Waals surface area contributed by atoms with Crippen LogP contribution in [-0.4, -0.2) is 38.3 Å². The zero-order valence-corrected chi connectivity index (χ0v) is 18.2. The Balaban J connectivity index is 1.65. The predicted octanol–water partition coefficient (Wildman–Crippen LogP) is 3.95. The monoisotopic (exact) mass is 408 g/mol. The molecule has 28 heavy (non-hydrogen) atoms. The maximum atomic E-state index is 12.6. The Hall–Kier alpha value is -1.40. The van der Waals surface area contributed by atoms with Crippen molar-refractivity contribution in [1.82, 2.24) is 9.62 Å². The lowest BCUT2D eigenvalue weighted by Crippen LogP contribution is -2.43. The van der Waals surface area contributed by atoms with Gasteiger partial charge in [0.15, 0.2) is 0 Å². The van der Waals surface area contributed by atoms with Crippen molar-refractivity contribution in [3.05, 3.63) is 35.9 Å². The van der Waals surface area contributed by atoms with E-state index in [1.165, 1.54) is 19.3 Å². The average Bonchev–Trinajstić information content (AvgIpc) is 2.67. The summed E-state index contributed by atoms with van der Waals surface area (Å²) in [5.74, 6) is 0.815. The van der Waals surface area contributed by atoms with Crippen molar-refractivity contribution >= 4 is 15.9 Å². The van der Waals surface area contributed by atoms with Crippen molar-refractivity contribution in [1.29, 1.82) is 0 Å². The van der Waals surface area contributed by atoms with Gasteiger partial charge in [0, 0.05) is 25.6 Å². The van der Waals surface area contributed by atoms with E-state index < -0.39 is 10.0 Å². The van der Waals surface area contributed by atoms with Crippen LogP contribution >= 0.6 is 0 Å². The van der Waals surface area contributed by atoms with Crippen LogP contribution in [0.5, 0.6) is 0 Å². The first kappa shape index (κ1) is 22.9. The van der Waals surface area contributed by atoms with Crippen LogP contribution in [0.15, 0.2) is 30.3 Å². The largest absolute Gasteiger partial charge is 0.356 e. The first-order chi connectivity index (χ1) is 13.4. The highest BCUT2D eigenvalue weighted by Gasteiger charge is 2.30. The van der Waals surface area contributed by atoms with E-state index in [4.69, 9.17) is 0 Å². The van der Waals surface area contributed by atoms with E-state index in [1.807, 2.05) is 30.3 Å². The molecule has 0 radical (unpaired) electrons. The molecule has 6 heteroatoms. The van der Waals surface area contributed by atoms with Gasteiger partial charge in [0.25, 0.3) is 0 Å². The summed E-state index contributed by atoms with van der Waals surface area (Å²) in [7, 11) is -3.32. The van der Waals surface area contributed by atoms with Crippen LogP contribution < -0.4 is 5.32 Å². The molecule has 0 unspecified atom stereocenters. The van der Waals surface area contributed by atoms with Crippen LogP contribution in [0.2, 0.25) is 0 Å². The lowest BCUT2D eigenvalue weighted by atomic mass is 9.97. The lowest BCUT2D eigenvalue weighted by Gasteiger charge is -2.30. The number of nitrogens with zero attached hydrogens (tertiary/aromatic N) is 1. The van der Waals surface area contributed by atoms with Gasteiger partial charge in [0.2, 0.25) is 15.9 Å². The second kappa shape index (κ2) is 11.6.